The van der Waals surface area contributed by atoms with Crippen LogP contribution in [0.15, 0.2) is 12.2 Å². The number of allylic oxidation sites excluding steroid dienone is 2. The molecule has 0 N–H and O–H groups in total. The Balaban J connectivity index is 1.91. The third-order valence-electron chi connectivity index (χ3n) is 10.7. The third kappa shape index (κ3) is 8.59. The molecule has 2 aliphatic carbocycles. The Morgan fingerprint density at radius 3 is 1.28 bits per heavy atom. The fraction of sp³-hybridized carbons (Fsp3) is 0.941. The molecule has 0 aliphatic heterocycles. The second-order valence-electron chi connectivity index (χ2n) is 15.5. The van der Waals surface area contributed by atoms with Gasteiger partial charge in [-0.15, -0.1) is 0 Å². The lowest BCUT2D eigenvalue weighted by molar-refractivity contribution is 0.00570. The van der Waals surface area contributed by atoms with Gasteiger partial charge in [-0.25, -0.2) is 0 Å². The summed E-state index contributed by atoms with van der Waals surface area (Å²) < 4.78 is 0. The molecule has 0 aromatic heterocycles. The number of nitrogens with zero attached hydrogens (tertiary/aromatic N) is 2. The molecular formula is C34H66N2. The van der Waals surface area contributed by atoms with Gasteiger partial charge in [0.05, 0.1) is 0 Å². The zero-order chi connectivity index (χ0) is 27.3. The van der Waals surface area contributed by atoms with Crippen molar-refractivity contribution >= 4 is 0 Å². The van der Waals surface area contributed by atoms with Gasteiger partial charge >= 0.3 is 0 Å². The first-order valence-corrected chi connectivity index (χ1v) is 15.6. The molecule has 0 aromatic carbocycles. The summed E-state index contributed by atoms with van der Waals surface area (Å²) in [5, 5.41) is 0. The normalized spacial score (nSPS) is 32.1. The van der Waals surface area contributed by atoms with E-state index in [1.54, 1.807) is 0 Å². The van der Waals surface area contributed by atoms with Crippen LogP contribution >= 0.6 is 0 Å². The zero-order valence-corrected chi connectivity index (χ0v) is 26.7. The van der Waals surface area contributed by atoms with E-state index in [1.165, 1.54) is 64.2 Å². The molecule has 2 aliphatic rings. The Morgan fingerprint density at radius 2 is 1.00 bits per heavy atom. The molecule has 0 spiro atoms. The topological polar surface area (TPSA) is 6.48 Å². The van der Waals surface area contributed by atoms with Crippen LogP contribution in [0.25, 0.3) is 0 Å². The highest BCUT2D eigenvalue weighted by Crippen LogP contribution is 2.49. The average molecular weight is 503 g/mol. The maximum atomic E-state index is 2.55. The number of hydrogen-bond donors (Lipinski definition) is 0. The molecule has 2 heteroatoms. The summed E-state index contributed by atoms with van der Waals surface area (Å²) in [6.45, 7) is 20.1. The third-order valence-corrected chi connectivity index (χ3v) is 10.7. The second kappa shape index (κ2) is 13.6. The molecule has 0 radical (unpaired) electrons. The molecule has 2 nitrogen and oxygen atoms in total. The van der Waals surface area contributed by atoms with E-state index < -0.39 is 0 Å². The lowest BCUT2D eigenvalue weighted by Crippen LogP contribution is -2.48. The predicted molar refractivity (Wildman–Crippen MR) is 161 cm³/mol. The van der Waals surface area contributed by atoms with Gasteiger partial charge in [0.1, 0.15) is 0 Å². The molecular weight excluding hydrogens is 436 g/mol. The SMILES string of the molecule is CC(C/C=C/CC(C)CC(C1C(C)CCCC1(C)C)N(C)C)CC(C1C(C)CCCC1(C)C)N(C)C. The number of hydrogen-bond acceptors (Lipinski definition) is 2. The Hall–Kier alpha value is -0.340. The van der Waals surface area contributed by atoms with Crippen molar-refractivity contribution in [3.63, 3.8) is 0 Å². The lowest BCUT2D eigenvalue weighted by Gasteiger charge is -2.49. The van der Waals surface area contributed by atoms with Crippen LogP contribution in [0.2, 0.25) is 0 Å². The van der Waals surface area contributed by atoms with Crippen molar-refractivity contribution in [3.8, 4) is 0 Å². The Bertz CT molecular complexity index is 604. The molecule has 0 aromatic rings. The van der Waals surface area contributed by atoms with Crippen LogP contribution in [-0.4, -0.2) is 50.1 Å². The second-order valence-corrected chi connectivity index (χ2v) is 15.5. The molecule has 8 atom stereocenters. The Kier molecular flexibility index (Phi) is 12.1. The van der Waals surface area contributed by atoms with E-state index in [-0.39, 0.29) is 0 Å². The monoisotopic (exact) mass is 503 g/mol. The summed E-state index contributed by atoms with van der Waals surface area (Å²) in [6.07, 6.45) is 18.6. The molecule has 36 heavy (non-hydrogen) atoms. The fourth-order valence-electron chi connectivity index (χ4n) is 8.82. The van der Waals surface area contributed by atoms with Gasteiger partial charge in [-0.05, 0) is 113 Å². The van der Waals surface area contributed by atoms with E-state index in [1.807, 2.05) is 0 Å². The van der Waals surface area contributed by atoms with E-state index >= 15 is 0 Å². The van der Waals surface area contributed by atoms with Crippen molar-refractivity contribution in [1.29, 1.82) is 0 Å². The molecule has 0 saturated heterocycles. The van der Waals surface area contributed by atoms with E-state index in [0.717, 1.165) is 35.5 Å². The van der Waals surface area contributed by atoms with Gasteiger partial charge in [-0.2, -0.15) is 0 Å². The summed E-state index contributed by atoms with van der Waals surface area (Å²) in [7, 11) is 9.29. The van der Waals surface area contributed by atoms with Gasteiger partial charge in [-0.3, -0.25) is 0 Å². The highest BCUT2D eigenvalue weighted by Gasteiger charge is 2.43. The van der Waals surface area contributed by atoms with Crippen molar-refractivity contribution in [2.24, 2.45) is 46.3 Å². The first-order chi connectivity index (χ1) is 16.7. The van der Waals surface area contributed by atoms with Gasteiger partial charge in [0, 0.05) is 12.1 Å². The van der Waals surface area contributed by atoms with Crippen molar-refractivity contribution in [2.45, 2.75) is 132 Å². The summed E-state index contributed by atoms with van der Waals surface area (Å²) in [6, 6.07) is 1.39. The molecule has 2 saturated carbocycles. The van der Waals surface area contributed by atoms with Crippen molar-refractivity contribution in [1.82, 2.24) is 9.80 Å². The summed E-state index contributed by atoms with van der Waals surface area (Å²) in [4.78, 5) is 5.09. The summed E-state index contributed by atoms with van der Waals surface area (Å²) in [5.41, 5.74) is 0.927. The van der Waals surface area contributed by atoms with Gasteiger partial charge in [0.25, 0.3) is 0 Å². The Morgan fingerprint density at radius 1 is 0.667 bits per heavy atom. The van der Waals surface area contributed by atoms with Gasteiger partial charge < -0.3 is 9.80 Å². The zero-order valence-electron chi connectivity index (χ0n) is 26.7. The molecule has 2 fully saturated rings. The van der Waals surface area contributed by atoms with Crippen LogP contribution in [0, 0.1) is 46.3 Å². The highest BCUT2D eigenvalue weighted by molar-refractivity contribution is 4.97. The van der Waals surface area contributed by atoms with E-state index in [4.69, 9.17) is 0 Å². The largest absolute Gasteiger partial charge is 0.306 e. The quantitative estimate of drug-likeness (QED) is 0.245. The number of rotatable bonds is 12. The van der Waals surface area contributed by atoms with E-state index in [2.05, 4.69) is 106 Å². The van der Waals surface area contributed by atoms with Crippen LogP contribution in [0.1, 0.15) is 120 Å². The fourth-order valence-corrected chi connectivity index (χ4v) is 8.82. The van der Waals surface area contributed by atoms with Gasteiger partial charge in [0.2, 0.25) is 0 Å². The molecule has 0 bridgehead atoms. The van der Waals surface area contributed by atoms with Crippen molar-refractivity contribution < 1.29 is 0 Å². The van der Waals surface area contributed by atoms with Crippen LogP contribution in [0.4, 0.5) is 0 Å². The van der Waals surface area contributed by atoms with Gasteiger partial charge in [0.15, 0.2) is 0 Å². The average Bonchev–Trinajstić information content (AvgIpc) is 2.73. The molecule has 2 rings (SSSR count). The van der Waals surface area contributed by atoms with Crippen LogP contribution < -0.4 is 0 Å². The van der Waals surface area contributed by atoms with Crippen LogP contribution in [0.5, 0.6) is 0 Å². The maximum Gasteiger partial charge on any atom is 0.0128 e. The van der Waals surface area contributed by atoms with Gasteiger partial charge in [-0.1, -0.05) is 93.2 Å². The smallest absolute Gasteiger partial charge is 0.0128 e. The first kappa shape index (κ1) is 31.9. The van der Waals surface area contributed by atoms with Crippen molar-refractivity contribution in [2.75, 3.05) is 28.2 Å². The molecule has 8 unspecified atom stereocenters. The molecule has 212 valence electrons. The van der Waals surface area contributed by atoms with E-state index in [9.17, 15) is 0 Å². The molecule has 0 heterocycles. The lowest BCUT2D eigenvalue weighted by atomic mass is 9.60. The summed E-state index contributed by atoms with van der Waals surface area (Å²) in [5.74, 6) is 4.78. The predicted octanol–water partition coefficient (Wildman–Crippen LogP) is 9.16. The summed E-state index contributed by atoms with van der Waals surface area (Å²) >= 11 is 0. The standard InChI is InChI=1S/C34H66N2/c1-25(23-29(35(9)10)31-27(3)19-15-21-33(31,5)6)17-13-14-18-26(2)24-30(36(11)12)32-28(4)20-16-22-34(32,7)8/h13-14,25-32H,15-24H2,1-12H3/b14-13+. The molecule has 0 amide bonds. The van der Waals surface area contributed by atoms with Crippen LogP contribution in [0.3, 0.4) is 0 Å². The maximum absolute atomic E-state index is 2.55. The first-order valence-electron chi connectivity index (χ1n) is 15.6. The van der Waals surface area contributed by atoms with E-state index in [0.29, 0.717) is 22.9 Å². The minimum absolute atomic E-state index is 0.463. The minimum Gasteiger partial charge on any atom is -0.306 e. The van der Waals surface area contributed by atoms with Crippen molar-refractivity contribution in [3.05, 3.63) is 12.2 Å². The minimum atomic E-state index is 0.463. The van der Waals surface area contributed by atoms with Crippen LogP contribution in [-0.2, 0) is 0 Å². The highest BCUT2D eigenvalue weighted by atomic mass is 15.1. The Labute approximate surface area is 228 Å².